The first-order valence-electron chi connectivity index (χ1n) is 15.0. The van der Waals surface area contributed by atoms with Crippen molar-refractivity contribution in [1.29, 1.82) is 0 Å². The molecule has 2 N–H and O–H groups in total. The van der Waals surface area contributed by atoms with Crippen LogP contribution in [0.5, 0.6) is 0 Å². The van der Waals surface area contributed by atoms with Crippen molar-refractivity contribution in [2.75, 3.05) is 86.5 Å². The van der Waals surface area contributed by atoms with E-state index >= 15 is 0 Å². The van der Waals surface area contributed by atoms with Crippen LogP contribution in [0.25, 0.3) is 0 Å². The molecule has 0 saturated carbocycles. The summed E-state index contributed by atoms with van der Waals surface area (Å²) in [6, 6.07) is 17.7. The number of rotatable bonds is 6. The Bertz CT molecular complexity index is 1690. The van der Waals surface area contributed by atoms with Gasteiger partial charge in [0.25, 0.3) is 0 Å². The number of anilines is 6. The summed E-state index contributed by atoms with van der Waals surface area (Å²) in [7, 11) is 0.0802. The van der Waals surface area contributed by atoms with Crippen LogP contribution in [0.4, 0.5) is 39.2 Å². The van der Waals surface area contributed by atoms with E-state index in [0.29, 0.717) is 75.4 Å². The molecule has 2 amide bonds. The third-order valence-electron chi connectivity index (χ3n) is 8.77. The summed E-state index contributed by atoms with van der Waals surface area (Å²) in [6.45, 7) is 6.21. The van der Waals surface area contributed by atoms with Gasteiger partial charge >= 0.3 is 6.09 Å². The van der Waals surface area contributed by atoms with Gasteiger partial charge in [-0.15, -0.1) is 0 Å². The van der Waals surface area contributed by atoms with Crippen LogP contribution in [0.2, 0.25) is 0 Å². The van der Waals surface area contributed by atoms with E-state index in [0.717, 1.165) is 11.4 Å². The van der Waals surface area contributed by atoms with E-state index < -0.39 is 22.2 Å². The summed E-state index contributed by atoms with van der Waals surface area (Å²) in [5, 5.41) is 12.5. The number of fused-ring (bicyclic) bond motifs is 1. The minimum atomic E-state index is -3.64. The van der Waals surface area contributed by atoms with Crippen molar-refractivity contribution in [3.63, 3.8) is 0 Å². The number of hydrogen-bond donors (Lipinski definition) is 2. The quantitative estimate of drug-likeness (QED) is 0.417. The van der Waals surface area contributed by atoms with Gasteiger partial charge in [0.05, 0.1) is 10.6 Å². The average Bonchev–Trinajstić information content (AvgIpc) is 3.04. The summed E-state index contributed by atoms with van der Waals surface area (Å²) in [5.41, 5.74) is 3.02. The Balaban J connectivity index is 1.25. The van der Waals surface area contributed by atoms with Gasteiger partial charge in [0.2, 0.25) is 15.9 Å². The highest BCUT2D eigenvalue weighted by Crippen LogP contribution is 2.40. The van der Waals surface area contributed by atoms with E-state index in [-0.39, 0.29) is 10.8 Å². The number of nitrogens with one attached hydrogen (secondary N) is 1. The Kier molecular flexibility index (Phi) is 8.29. The molecule has 3 aromatic rings. The van der Waals surface area contributed by atoms with Crippen LogP contribution in [-0.4, -0.2) is 117 Å². The molecule has 13 nitrogen and oxygen atoms in total. The monoisotopic (exact) mass is 634 g/mol. The van der Waals surface area contributed by atoms with Crippen molar-refractivity contribution in [2.24, 2.45) is 0 Å². The van der Waals surface area contributed by atoms with E-state index in [1.807, 2.05) is 49.2 Å². The molecule has 1 atom stereocenters. The molecule has 6 rings (SSSR count). The Morgan fingerprint density at radius 2 is 1.56 bits per heavy atom. The first kappa shape index (κ1) is 30.6. The number of carbonyl (C=O) groups excluding carboxylic acids is 1. The van der Waals surface area contributed by atoms with E-state index in [1.165, 1.54) is 9.21 Å². The average molecular weight is 635 g/mol. The number of aromatic nitrogens is 1. The maximum Gasteiger partial charge on any atom is 0.407 e. The number of pyridine rings is 1. The van der Waals surface area contributed by atoms with Gasteiger partial charge in [-0.25, -0.2) is 18.2 Å². The summed E-state index contributed by atoms with van der Waals surface area (Å²) in [4.78, 5) is 38.8. The third kappa shape index (κ3) is 6.00. The second-order valence-corrected chi connectivity index (χ2v) is 13.6. The van der Waals surface area contributed by atoms with Crippen LogP contribution >= 0.6 is 0 Å². The molecule has 2 aromatic carbocycles. The van der Waals surface area contributed by atoms with Gasteiger partial charge in [-0.1, -0.05) is 6.07 Å². The summed E-state index contributed by atoms with van der Waals surface area (Å²) >= 11 is 0. The van der Waals surface area contributed by atoms with Crippen molar-refractivity contribution >= 4 is 56.4 Å². The normalized spacial score (nSPS) is 19.9. The van der Waals surface area contributed by atoms with Crippen LogP contribution in [0.1, 0.15) is 6.92 Å². The van der Waals surface area contributed by atoms with Crippen LogP contribution in [0.3, 0.4) is 0 Å². The lowest BCUT2D eigenvalue weighted by molar-refractivity contribution is -0.119. The van der Waals surface area contributed by atoms with Crippen LogP contribution < -0.4 is 20.0 Å². The second-order valence-electron chi connectivity index (χ2n) is 11.6. The van der Waals surface area contributed by atoms with Gasteiger partial charge in [0.15, 0.2) is 5.82 Å². The summed E-state index contributed by atoms with van der Waals surface area (Å²) in [6.07, 6.45) is -0.901. The molecule has 14 heteroatoms. The van der Waals surface area contributed by atoms with Crippen molar-refractivity contribution < 1.29 is 23.1 Å². The molecule has 238 valence electrons. The highest BCUT2D eigenvalue weighted by atomic mass is 32.2. The standard InChI is InChI=1S/C31H38N8O5S/c1-22-30(40)35(3)27-11-12-28(32-23-5-4-6-26(21-23)45(43,44)38-19-13-34(2)14-20-38)33-29(27)39(22)25-9-7-24(8-10-25)36-15-17-37(18-16-36)31(41)42/h4-12,21-22H,13-20H2,1-3H3,(H,32,33)(H,41,42). The Hall–Kier alpha value is -4.40. The number of nitrogens with zero attached hydrogens (tertiary/aromatic N) is 7. The van der Waals surface area contributed by atoms with E-state index in [1.54, 1.807) is 42.3 Å². The van der Waals surface area contributed by atoms with E-state index in [4.69, 9.17) is 4.98 Å². The molecule has 0 bridgehead atoms. The van der Waals surface area contributed by atoms with E-state index in [9.17, 15) is 23.1 Å². The number of amides is 2. The van der Waals surface area contributed by atoms with Crippen molar-refractivity contribution in [1.82, 2.24) is 19.1 Å². The molecule has 2 saturated heterocycles. The van der Waals surface area contributed by atoms with Crippen molar-refractivity contribution in [2.45, 2.75) is 17.9 Å². The Morgan fingerprint density at radius 1 is 0.889 bits per heavy atom. The largest absolute Gasteiger partial charge is 0.465 e. The van der Waals surface area contributed by atoms with Gasteiger partial charge in [-0.05, 0) is 68.6 Å². The van der Waals surface area contributed by atoms with Crippen LogP contribution in [0, 0.1) is 0 Å². The molecule has 4 heterocycles. The van der Waals surface area contributed by atoms with E-state index in [2.05, 4.69) is 15.1 Å². The number of carboxylic acid groups (broad SMARTS) is 1. The first-order valence-corrected chi connectivity index (χ1v) is 16.4. The van der Waals surface area contributed by atoms with Crippen LogP contribution in [0.15, 0.2) is 65.6 Å². The molecule has 2 fully saturated rings. The lowest BCUT2D eigenvalue weighted by atomic mass is 10.1. The SMILES string of the molecule is CC1C(=O)N(C)c2ccc(Nc3cccc(S(=O)(=O)N4CCN(C)CC4)c3)nc2N1c1ccc(N2CCN(C(=O)O)CC2)cc1. The molecule has 45 heavy (non-hydrogen) atoms. The van der Waals surface area contributed by atoms with Crippen LogP contribution in [-0.2, 0) is 14.8 Å². The molecular weight excluding hydrogens is 596 g/mol. The number of sulfonamides is 1. The zero-order chi connectivity index (χ0) is 31.9. The molecule has 0 aliphatic carbocycles. The van der Waals surface area contributed by atoms with Gasteiger partial charge in [0, 0.05) is 76.5 Å². The predicted octanol–water partition coefficient (Wildman–Crippen LogP) is 3.06. The zero-order valence-corrected chi connectivity index (χ0v) is 26.4. The number of likely N-dealkylation sites (N-methyl/N-ethyl adjacent to an activating group) is 2. The molecule has 1 unspecified atom stereocenters. The van der Waals surface area contributed by atoms with Gasteiger partial charge in [-0.2, -0.15) is 4.31 Å². The smallest absolute Gasteiger partial charge is 0.407 e. The fourth-order valence-electron chi connectivity index (χ4n) is 6.03. The maximum absolute atomic E-state index is 13.4. The summed E-state index contributed by atoms with van der Waals surface area (Å²) in [5.74, 6) is 1.04. The Labute approximate surface area is 263 Å². The zero-order valence-electron chi connectivity index (χ0n) is 25.6. The Morgan fingerprint density at radius 3 is 2.22 bits per heavy atom. The number of hydrogen-bond acceptors (Lipinski definition) is 9. The second kappa shape index (κ2) is 12.2. The number of piperazine rings is 2. The van der Waals surface area contributed by atoms with Gasteiger partial charge in [-0.3, -0.25) is 4.79 Å². The molecule has 3 aliphatic heterocycles. The molecule has 0 radical (unpaired) electrons. The van der Waals surface area contributed by atoms with Gasteiger partial charge < -0.3 is 34.9 Å². The maximum atomic E-state index is 13.4. The third-order valence-corrected chi connectivity index (χ3v) is 10.7. The lowest BCUT2D eigenvalue weighted by Crippen LogP contribution is -2.49. The van der Waals surface area contributed by atoms with Crippen molar-refractivity contribution in [3.8, 4) is 0 Å². The highest BCUT2D eigenvalue weighted by molar-refractivity contribution is 7.89. The van der Waals surface area contributed by atoms with Gasteiger partial charge in [0.1, 0.15) is 11.9 Å². The summed E-state index contributed by atoms with van der Waals surface area (Å²) < 4.78 is 28.2. The lowest BCUT2D eigenvalue weighted by Gasteiger charge is -2.39. The fourth-order valence-corrected chi connectivity index (χ4v) is 7.50. The minimum absolute atomic E-state index is 0.0688. The molecule has 0 spiro atoms. The molecular formula is C31H38N8O5S. The number of benzene rings is 2. The molecule has 3 aliphatic rings. The van der Waals surface area contributed by atoms with Crippen molar-refractivity contribution in [3.05, 3.63) is 60.7 Å². The first-order chi connectivity index (χ1) is 21.5. The topological polar surface area (TPSA) is 133 Å². The number of carbonyl (C=O) groups is 2. The predicted molar refractivity (Wildman–Crippen MR) is 173 cm³/mol. The highest BCUT2D eigenvalue weighted by Gasteiger charge is 2.36. The molecule has 1 aromatic heterocycles. The fraction of sp³-hybridized carbons (Fsp3) is 0.387. The minimum Gasteiger partial charge on any atom is -0.465 e.